The maximum Gasteiger partial charge on any atom is 0.410 e. The highest BCUT2D eigenvalue weighted by atomic mass is 16.6. The molecule has 0 aromatic heterocycles. The van der Waals surface area contributed by atoms with E-state index in [-0.39, 0.29) is 18.5 Å². The van der Waals surface area contributed by atoms with E-state index in [1.807, 2.05) is 33.8 Å². The molecule has 1 saturated heterocycles. The molecule has 7 nitrogen and oxygen atoms in total. The number of carbonyl (C=O) groups excluding carboxylic acids is 2. The van der Waals surface area contributed by atoms with Gasteiger partial charge in [-0.15, -0.1) is 0 Å². The van der Waals surface area contributed by atoms with Crippen LogP contribution in [-0.4, -0.2) is 66.7 Å². The molecule has 2 heterocycles. The van der Waals surface area contributed by atoms with Gasteiger partial charge in [-0.25, -0.2) is 4.79 Å². The van der Waals surface area contributed by atoms with Crippen molar-refractivity contribution in [1.82, 2.24) is 9.80 Å². The molecule has 1 aromatic carbocycles. The number of carbonyl (C=O) groups is 2. The van der Waals surface area contributed by atoms with Crippen molar-refractivity contribution >= 4 is 11.9 Å². The third kappa shape index (κ3) is 4.53. The number of Topliss-reactive ketones (excluding diaryl/α,β-unsaturated/α-hetero) is 1. The SMILES string of the molecule is CCOc1ccc2c(c1CN1CCN(C(=O)OC(C)(C)C)CC1)OCC2=O. The Balaban J connectivity index is 1.67. The second-order valence-electron chi connectivity index (χ2n) is 7.81. The summed E-state index contributed by atoms with van der Waals surface area (Å²) in [6.45, 7) is 11.5. The van der Waals surface area contributed by atoms with Crippen LogP contribution in [0.15, 0.2) is 12.1 Å². The van der Waals surface area contributed by atoms with E-state index in [1.165, 1.54) is 0 Å². The van der Waals surface area contributed by atoms with Gasteiger partial charge in [-0.1, -0.05) is 0 Å². The van der Waals surface area contributed by atoms with E-state index in [9.17, 15) is 9.59 Å². The number of amides is 1. The molecule has 1 fully saturated rings. The van der Waals surface area contributed by atoms with E-state index in [2.05, 4.69) is 4.90 Å². The van der Waals surface area contributed by atoms with E-state index in [0.29, 0.717) is 37.6 Å². The molecule has 0 saturated carbocycles. The van der Waals surface area contributed by atoms with E-state index in [0.717, 1.165) is 24.4 Å². The zero-order chi connectivity index (χ0) is 19.6. The fourth-order valence-corrected chi connectivity index (χ4v) is 3.29. The van der Waals surface area contributed by atoms with Gasteiger partial charge in [-0.05, 0) is 39.8 Å². The Morgan fingerprint density at radius 1 is 1.19 bits per heavy atom. The van der Waals surface area contributed by atoms with Crippen LogP contribution in [0.5, 0.6) is 11.5 Å². The van der Waals surface area contributed by atoms with Crippen LogP contribution >= 0.6 is 0 Å². The summed E-state index contributed by atoms with van der Waals surface area (Å²) in [5, 5.41) is 0. The summed E-state index contributed by atoms with van der Waals surface area (Å²) < 4.78 is 16.8. The second kappa shape index (κ2) is 7.76. The molecule has 0 aliphatic carbocycles. The van der Waals surface area contributed by atoms with E-state index in [1.54, 1.807) is 11.0 Å². The maximum absolute atomic E-state index is 12.2. The molecule has 0 spiro atoms. The molecule has 2 aliphatic rings. The molecule has 3 rings (SSSR count). The van der Waals surface area contributed by atoms with E-state index >= 15 is 0 Å². The molecule has 1 amide bonds. The lowest BCUT2D eigenvalue weighted by Gasteiger charge is -2.35. The van der Waals surface area contributed by atoms with Crippen molar-refractivity contribution < 1.29 is 23.8 Å². The molecular formula is C20H28N2O5. The van der Waals surface area contributed by atoms with Crippen molar-refractivity contribution in [2.75, 3.05) is 39.4 Å². The Morgan fingerprint density at radius 3 is 2.52 bits per heavy atom. The first-order valence-electron chi connectivity index (χ1n) is 9.43. The van der Waals surface area contributed by atoms with Gasteiger partial charge in [-0.2, -0.15) is 0 Å². The smallest absolute Gasteiger partial charge is 0.410 e. The van der Waals surface area contributed by atoms with Gasteiger partial charge in [0, 0.05) is 32.7 Å². The van der Waals surface area contributed by atoms with Gasteiger partial charge in [0.05, 0.1) is 17.7 Å². The highest BCUT2D eigenvalue weighted by molar-refractivity contribution is 6.03. The number of ether oxygens (including phenoxy) is 3. The van der Waals surface area contributed by atoms with Gasteiger partial charge in [-0.3, -0.25) is 9.69 Å². The average molecular weight is 376 g/mol. The molecule has 0 N–H and O–H groups in total. The zero-order valence-electron chi connectivity index (χ0n) is 16.5. The molecule has 0 bridgehead atoms. The third-order valence-corrected chi connectivity index (χ3v) is 4.57. The molecule has 0 radical (unpaired) electrons. The Labute approximate surface area is 160 Å². The Hall–Kier alpha value is -2.28. The lowest BCUT2D eigenvalue weighted by molar-refractivity contribution is 0.0137. The first-order chi connectivity index (χ1) is 12.8. The number of ketones is 1. The average Bonchev–Trinajstić information content (AvgIpc) is 2.97. The summed E-state index contributed by atoms with van der Waals surface area (Å²) in [5.74, 6) is 1.39. The fourth-order valence-electron chi connectivity index (χ4n) is 3.29. The van der Waals surface area contributed by atoms with Gasteiger partial charge in [0.2, 0.25) is 5.78 Å². The van der Waals surface area contributed by atoms with Crippen LogP contribution < -0.4 is 9.47 Å². The monoisotopic (exact) mass is 376 g/mol. The highest BCUT2D eigenvalue weighted by Gasteiger charge is 2.30. The van der Waals surface area contributed by atoms with E-state index in [4.69, 9.17) is 14.2 Å². The number of piperazine rings is 1. The quantitative estimate of drug-likeness (QED) is 0.805. The summed E-state index contributed by atoms with van der Waals surface area (Å²) in [6.07, 6.45) is -0.272. The number of benzene rings is 1. The summed E-state index contributed by atoms with van der Waals surface area (Å²) in [7, 11) is 0. The van der Waals surface area contributed by atoms with Gasteiger partial charge < -0.3 is 19.1 Å². The number of hydrogen-bond donors (Lipinski definition) is 0. The molecule has 1 aromatic rings. The normalized spacial score (nSPS) is 17.5. The van der Waals surface area contributed by atoms with Crippen molar-refractivity contribution in [2.24, 2.45) is 0 Å². The minimum absolute atomic E-state index is 0.00374. The lowest BCUT2D eigenvalue weighted by Crippen LogP contribution is -2.49. The van der Waals surface area contributed by atoms with Crippen LogP contribution in [0.3, 0.4) is 0 Å². The number of hydrogen-bond acceptors (Lipinski definition) is 6. The Morgan fingerprint density at radius 2 is 1.89 bits per heavy atom. The Bertz CT molecular complexity index is 718. The van der Waals surface area contributed by atoms with Crippen molar-refractivity contribution in [1.29, 1.82) is 0 Å². The van der Waals surface area contributed by atoms with Crippen LogP contribution in [0.4, 0.5) is 4.79 Å². The first-order valence-corrected chi connectivity index (χ1v) is 9.43. The second-order valence-corrected chi connectivity index (χ2v) is 7.81. The van der Waals surface area contributed by atoms with Crippen LogP contribution in [-0.2, 0) is 11.3 Å². The molecule has 27 heavy (non-hydrogen) atoms. The first kappa shape index (κ1) is 19.5. The minimum Gasteiger partial charge on any atom is -0.493 e. The van der Waals surface area contributed by atoms with Crippen LogP contribution in [0.2, 0.25) is 0 Å². The summed E-state index contributed by atoms with van der Waals surface area (Å²) in [6, 6.07) is 3.63. The summed E-state index contributed by atoms with van der Waals surface area (Å²) in [5.41, 5.74) is 1.04. The Kier molecular flexibility index (Phi) is 5.60. The van der Waals surface area contributed by atoms with Gasteiger partial charge >= 0.3 is 6.09 Å². The predicted octanol–water partition coefficient (Wildman–Crippen LogP) is 2.71. The molecular weight excluding hydrogens is 348 g/mol. The van der Waals surface area contributed by atoms with Gasteiger partial charge in [0.25, 0.3) is 0 Å². The number of rotatable bonds is 4. The van der Waals surface area contributed by atoms with Crippen LogP contribution in [0.25, 0.3) is 0 Å². The van der Waals surface area contributed by atoms with Gasteiger partial charge in [0.1, 0.15) is 17.1 Å². The van der Waals surface area contributed by atoms with Crippen LogP contribution in [0, 0.1) is 0 Å². The van der Waals surface area contributed by atoms with Crippen molar-refractivity contribution in [3.05, 3.63) is 23.3 Å². The molecule has 2 aliphatic heterocycles. The van der Waals surface area contributed by atoms with E-state index < -0.39 is 5.60 Å². The molecule has 0 atom stereocenters. The van der Waals surface area contributed by atoms with Crippen molar-refractivity contribution in [3.8, 4) is 11.5 Å². The van der Waals surface area contributed by atoms with Crippen molar-refractivity contribution in [2.45, 2.75) is 39.8 Å². The summed E-state index contributed by atoms with van der Waals surface area (Å²) >= 11 is 0. The number of nitrogens with zero attached hydrogens (tertiary/aromatic N) is 2. The zero-order valence-corrected chi connectivity index (χ0v) is 16.5. The van der Waals surface area contributed by atoms with Crippen LogP contribution in [0.1, 0.15) is 43.6 Å². The number of fused-ring (bicyclic) bond motifs is 1. The third-order valence-electron chi connectivity index (χ3n) is 4.57. The van der Waals surface area contributed by atoms with Gasteiger partial charge in [0.15, 0.2) is 6.61 Å². The molecule has 0 unspecified atom stereocenters. The molecule has 148 valence electrons. The largest absolute Gasteiger partial charge is 0.493 e. The minimum atomic E-state index is -0.491. The highest BCUT2D eigenvalue weighted by Crippen LogP contribution is 2.37. The predicted molar refractivity (Wildman–Crippen MR) is 101 cm³/mol. The maximum atomic E-state index is 12.2. The standard InChI is InChI=1S/C20H28N2O5/c1-5-25-17-7-6-14-16(23)13-26-18(14)15(17)12-21-8-10-22(11-9-21)19(24)27-20(2,3)4/h6-7H,5,8-13H2,1-4H3. The molecule has 7 heteroatoms. The topological polar surface area (TPSA) is 68.3 Å². The fraction of sp³-hybridized carbons (Fsp3) is 0.600. The summed E-state index contributed by atoms with van der Waals surface area (Å²) in [4.78, 5) is 28.2. The lowest BCUT2D eigenvalue weighted by atomic mass is 10.1. The van der Waals surface area contributed by atoms with Crippen molar-refractivity contribution in [3.63, 3.8) is 0 Å².